The summed E-state index contributed by atoms with van der Waals surface area (Å²) in [5.41, 5.74) is 0.841. The van der Waals surface area contributed by atoms with E-state index in [0.29, 0.717) is 26.1 Å². The summed E-state index contributed by atoms with van der Waals surface area (Å²) in [7, 11) is -1.53. The van der Waals surface area contributed by atoms with Gasteiger partial charge in [0, 0.05) is 43.8 Å². The van der Waals surface area contributed by atoms with E-state index in [1.54, 1.807) is 9.80 Å². The quantitative estimate of drug-likeness (QED) is 0.0456. The van der Waals surface area contributed by atoms with E-state index in [2.05, 4.69) is 80.9 Å². The number of nitrogens with zero attached hydrogens (tertiary/aromatic N) is 4. The highest BCUT2D eigenvalue weighted by molar-refractivity contribution is 6.74. The number of benzene rings is 2. The van der Waals surface area contributed by atoms with E-state index in [9.17, 15) is 29.8 Å². The molecule has 2 aromatic carbocycles. The molecule has 336 valence electrons. The number of likely N-dealkylation sites (tertiary alicyclic amines) is 2. The number of amides is 2. The SMILES string of the molecule is C=C1CC(CO[Si](C)(C)C(C)(C)C)N(C(=O)c2cc([N+](=O)[O-])c(OCCCOc3cc(OC)c(C(=O)N4CC(=C)CC4CO[Si](C)(C)C(C)(C)C)cc3[N+](=O)[O-])cc2OC)C1. The number of rotatable bonds is 18. The normalized spacial score (nSPS) is 17.4. The maximum atomic E-state index is 14.0. The van der Waals surface area contributed by atoms with Crippen LogP contribution in [-0.2, 0) is 8.85 Å². The molecule has 16 nitrogen and oxygen atoms in total. The van der Waals surface area contributed by atoms with Crippen LogP contribution in [0.4, 0.5) is 11.4 Å². The highest BCUT2D eigenvalue weighted by Gasteiger charge is 2.42. The van der Waals surface area contributed by atoms with Gasteiger partial charge in [0.25, 0.3) is 11.8 Å². The third-order valence-electron chi connectivity index (χ3n) is 12.3. The summed E-state index contributed by atoms with van der Waals surface area (Å²) in [5, 5.41) is 24.5. The van der Waals surface area contributed by atoms with Crippen LogP contribution >= 0.6 is 0 Å². The van der Waals surface area contributed by atoms with E-state index >= 15 is 0 Å². The number of carbonyl (C=O) groups excluding carboxylic acids is 2. The molecule has 2 unspecified atom stereocenters. The van der Waals surface area contributed by atoms with Crippen molar-refractivity contribution >= 4 is 39.8 Å². The van der Waals surface area contributed by atoms with Crippen LogP contribution in [0.3, 0.4) is 0 Å². The molecule has 2 amide bonds. The second-order valence-electron chi connectivity index (χ2n) is 18.8. The first-order chi connectivity index (χ1) is 28.2. The molecule has 4 rings (SSSR count). The third kappa shape index (κ3) is 11.4. The molecule has 18 heteroatoms. The molecule has 0 N–H and O–H groups in total. The van der Waals surface area contributed by atoms with Gasteiger partial charge in [-0.3, -0.25) is 29.8 Å². The number of nitro benzene ring substituents is 2. The van der Waals surface area contributed by atoms with Crippen molar-refractivity contribution < 1.29 is 47.2 Å². The molecule has 0 saturated carbocycles. The Bertz CT molecular complexity index is 1880. The van der Waals surface area contributed by atoms with Crippen molar-refractivity contribution in [2.45, 2.75) is 109 Å². The van der Waals surface area contributed by atoms with Crippen LogP contribution in [0, 0.1) is 20.2 Å². The van der Waals surface area contributed by atoms with Crippen LogP contribution in [0.1, 0.15) is 81.5 Å². The first kappa shape index (κ1) is 48.9. The summed E-state index contributed by atoms with van der Waals surface area (Å²) >= 11 is 0. The predicted molar refractivity (Wildman–Crippen MR) is 238 cm³/mol. The molecular formula is C43H64N4O12Si2. The average Bonchev–Trinajstić information content (AvgIpc) is 3.74. The zero-order valence-electron chi connectivity index (χ0n) is 37.9. The van der Waals surface area contributed by atoms with E-state index in [1.807, 2.05) is 0 Å². The number of hydrogen-bond acceptors (Lipinski definition) is 12. The minimum atomic E-state index is -2.13. The van der Waals surface area contributed by atoms with Crippen LogP contribution < -0.4 is 18.9 Å². The van der Waals surface area contributed by atoms with Crippen molar-refractivity contribution in [2.75, 3.05) is 53.7 Å². The highest BCUT2D eigenvalue weighted by Crippen LogP contribution is 2.41. The van der Waals surface area contributed by atoms with E-state index in [-0.39, 0.29) is 89.0 Å². The Labute approximate surface area is 361 Å². The molecule has 2 heterocycles. The topological polar surface area (TPSA) is 182 Å². The van der Waals surface area contributed by atoms with Crippen LogP contribution in [0.2, 0.25) is 36.3 Å². The van der Waals surface area contributed by atoms with Gasteiger partial charge in [0.05, 0.1) is 73.7 Å². The van der Waals surface area contributed by atoms with Gasteiger partial charge in [-0.2, -0.15) is 0 Å². The van der Waals surface area contributed by atoms with Crippen molar-refractivity contribution in [1.29, 1.82) is 0 Å². The molecular weight excluding hydrogens is 821 g/mol. The summed E-state index contributed by atoms with van der Waals surface area (Å²) in [6.45, 7) is 30.6. The van der Waals surface area contributed by atoms with Crippen molar-refractivity contribution in [3.05, 3.63) is 79.9 Å². The average molecular weight is 885 g/mol. The van der Waals surface area contributed by atoms with E-state index in [4.69, 9.17) is 27.8 Å². The Morgan fingerprint density at radius 3 is 1.31 bits per heavy atom. The maximum absolute atomic E-state index is 14.0. The predicted octanol–water partition coefficient (Wildman–Crippen LogP) is 8.95. The van der Waals surface area contributed by atoms with Crippen molar-refractivity contribution in [1.82, 2.24) is 9.80 Å². The molecule has 61 heavy (non-hydrogen) atoms. The van der Waals surface area contributed by atoms with Gasteiger partial charge in [-0.1, -0.05) is 65.8 Å². The van der Waals surface area contributed by atoms with Crippen molar-refractivity contribution in [2.24, 2.45) is 0 Å². The van der Waals surface area contributed by atoms with Crippen LogP contribution in [0.5, 0.6) is 23.0 Å². The molecule has 0 radical (unpaired) electrons. The van der Waals surface area contributed by atoms with E-state index < -0.39 is 49.7 Å². The Morgan fingerprint density at radius 2 is 1.02 bits per heavy atom. The maximum Gasteiger partial charge on any atom is 0.312 e. The van der Waals surface area contributed by atoms with Gasteiger partial charge < -0.3 is 37.6 Å². The van der Waals surface area contributed by atoms with E-state index in [1.165, 1.54) is 26.4 Å². The smallest absolute Gasteiger partial charge is 0.312 e. The fourth-order valence-corrected chi connectivity index (χ4v) is 8.68. The molecule has 2 saturated heterocycles. The van der Waals surface area contributed by atoms with E-state index in [0.717, 1.165) is 23.3 Å². The minimum Gasteiger partial charge on any atom is -0.496 e. The lowest BCUT2D eigenvalue weighted by molar-refractivity contribution is -0.385. The number of methoxy groups -OCH3 is 2. The second-order valence-corrected chi connectivity index (χ2v) is 28.4. The monoisotopic (exact) mass is 884 g/mol. The van der Waals surface area contributed by atoms with Gasteiger partial charge in [-0.25, -0.2) is 0 Å². The minimum absolute atomic E-state index is 0.00441. The number of hydrogen-bond donors (Lipinski definition) is 0. The first-order valence-corrected chi connectivity index (χ1v) is 26.3. The summed E-state index contributed by atoms with van der Waals surface area (Å²) in [6, 6.07) is 4.33. The number of carbonyl (C=O) groups is 2. The zero-order chi connectivity index (χ0) is 45.8. The fraction of sp³-hybridized carbons (Fsp3) is 0.581. The molecule has 2 aliphatic rings. The summed E-state index contributed by atoms with van der Waals surface area (Å²) < 4.78 is 35.6. The molecule has 0 aliphatic carbocycles. The highest BCUT2D eigenvalue weighted by atomic mass is 28.4. The van der Waals surface area contributed by atoms with Crippen LogP contribution in [0.15, 0.2) is 48.6 Å². The van der Waals surface area contributed by atoms with Crippen molar-refractivity contribution in [3.8, 4) is 23.0 Å². The van der Waals surface area contributed by atoms with Crippen molar-refractivity contribution in [3.63, 3.8) is 0 Å². The molecule has 0 spiro atoms. The Balaban J connectivity index is 1.46. The third-order valence-corrected chi connectivity index (χ3v) is 21.3. The summed E-state index contributed by atoms with van der Waals surface area (Å²) in [6.07, 6.45) is 1.25. The zero-order valence-corrected chi connectivity index (χ0v) is 39.9. The number of ether oxygens (including phenoxy) is 4. The summed E-state index contributed by atoms with van der Waals surface area (Å²) in [4.78, 5) is 54.5. The second kappa shape index (κ2) is 19.1. The Hall–Kier alpha value is -4.79. The molecule has 2 aliphatic heterocycles. The largest absolute Gasteiger partial charge is 0.496 e. The molecule has 2 fully saturated rings. The van der Waals surface area contributed by atoms with Gasteiger partial charge in [0.2, 0.25) is 11.5 Å². The van der Waals surface area contributed by atoms with Gasteiger partial charge in [-0.15, -0.1) is 0 Å². The first-order valence-electron chi connectivity index (χ1n) is 20.4. The lowest BCUT2D eigenvalue weighted by Gasteiger charge is -2.38. The Kier molecular flexibility index (Phi) is 15.3. The van der Waals surface area contributed by atoms with Crippen LogP contribution in [0.25, 0.3) is 0 Å². The molecule has 0 bridgehead atoms. The molecule has 0 aromatic heterocycles. The molecule has 2 aromatic rings. The fourth-order valence-electron chi connectivity index (χ4n) is 6.59. The molecule has 2 atom stereocenters. The standard InChI is InChI=1S/C43H64N4O12Si2/c1-28-18-30(26-58-60(11,12)42(3,4)5)44(24-28)40(48)32-20-34(46(50)51)38(22-36(32)54-9)56-16-15-17-57-39-23-37(55-10)33(21-35(39)47(52)53)41(49)45-25-29(2)19-31(45)27-59-61(13,14)43(6,7)8/h20-23,30-31H,1-2,15-19,24-27H2,3-14H3. The lowest BCUT2D eigenvalue weighted by Crippen LogP contribution is -2.46. The number of nitro groups is 2. The van der Waals surface area contributed by atoms with Crippen LogP contribution in [-0.4, -0.2) is 114 Å². The van der Waals surface area contributed by atoms with Gasteiger partial charge in [0.1, 0.15) is 11.5 Å². The van der Waals surface area contributed by atoms with Gasteiger partial charge in [-0.05, 0) is 49.1 Å². The van der Waals surface area contributed by atoms with Gasteiger partial charge >= 0.3 is 11.4 Å². The van der Waals surface area contributed by atoms with Gasteiger partial charge in [0.15, 0.2) is 16.6 Å². The summed E-state index contributed by atoms with van der Waals surface area (Å²) in [5.74, 6) is -0.978. The lowest BCUT2D eigenvalue weighted by atomic mass is 10.1. The Morgan fingerprint density at radius 1 is 0.672 bits per heavy atom.